The zero-order valence-electron chi connectivity index (χ0n) is 18.1. The molecule has 0 radical (unpaired) electrons. The minimum Gasteiger partial charge on any atom is -0.493 e. The molecule has 0 spiro atoms. The van der Waals surface area contributed by atoms with E-state index in [-0.39, 0.29) is 5.91 Å². The molecule has 7 heteroatoms. The largest absolute Gasteiger partial charge is 0.493 e. The van der Waals surface area contributed by atoms with Gasteiger partial charge in [-0.3, -0.25) is 9.69 Å². The lowest BCUT2D eigenvalue weighted by Gasteiger charge is -2.23. The van der Waals surface area contributed by atoms with Crippen molar-refractivity contribution in [1.29, 1.82) is 0 Å². The first-order valence-corrected chi connectivity index (χ1v) is 11.1. The molecule has 1 atom stereocenters. The summed E-state index contributed by atoms with van der Waals surface area (Å²) in [6.07, 6.45) is 5.46. The van der Waals surface area contributed by atoms with E-state index in [1.807, 2.05) is 32.1 Å². The Labute approximate surface area is 179 Å². The van der Waals surface area contributed by atoms with E-state index in [1.54, 1.807) is 7.11 Å². The Morgan fingerprint density at radius 1 is 1.38 bits per heavy atom. The average molecular weight is 427 g/mol. The van der Waals surface area contributed by atoms with Crippen LogP contribution in [0.2, 0.25) is 0 Å². The number of likely N-dealkylation sites (tertiary alicyclic amines) is 1. The number of halogens is 1. The fraction of sp³-hybridized carbons (Fsp3) is 0.591. The minimum absolute atomic E-state index is 0.183. The van der Waals surface area contributed by atoms with Gasteiger partial charge in [0.1, 0.15) is 0 Å². The van der Waals surface area contributed by atoms with Gasteiger partial charge in [-0.1, -0.05) is 19.9 Å². The Bertz CT molecular complexity index is 643. The van der Waals surface area contributed by atoms with Gasteiger partial charge < -0.3 is 14.8 Å². The third kappa shape index (κ3) is 7.55. The molecule has 1 aliphatic rings. The van der Waals surface area contributed by atoms with Crippen LogP contribution in [0, 0.1) is 0 Å². The van der Waals surface area contributed by atoms with Crippen molar-refractivity contribution in [2.24, 2.45) is 0 Å². The molecule has 0 bridgehead atoms. The SMILES string of the molecule is C=CCN1CCC[C@H]1CNC(=O)c1cc(CCCSF)cc(OC)c1OC.CC. The molecule has 2 rings (SSSR count). The van der Waals surface area contributed by atoms with Gasteiger partial charge in [0.05, 0.1) is 19.8 Å². The van der Waals surface area contributed by atoms with Gasteiger partial charge in [-0.2, -0.15) is 3.89 Å². The maximum atomic E-state index is 12.8. The van der Waals surface area contributed by atoms with Crippen molar-refractivity contribution in [3.8, 4) is 11.5 Å². The first-order chi connectivity index (χ1) is 14.1. The standard InChI is InChI=1S/C20H29FN2O3S.C2H6/c1-4-9-23-10-5-8-16(23)14-22-20(24)17-12-15(7-6-11-27-21)13-18(25-2)19(17)26-3;1-2/h4,12-13,16H,1,5-11,14H2,2-3H3,(H,22,24);1-2H3/t16-;/m0./s1. The maximum absolute atomic E-state index is 12.8. The van der Waals surface area contributed by atoms with Crippen LogP contribution in [0.15, 0.2) is 24.8 Å². The highest BCUT2D eigenvalue weighted by Gasteiger charge is 2.25. The summed E-state index contributed by atoms with van der Waals surface area (Å²) in [5, 5.41) is 3.04. The summed E-state index contributed by atoms with van der Waals surface area (Å²) in [6, 6.07) is 3.99. The summed E-state index contributed by atoms with van der Waals surface area (Å²) in [6.45, 7) is 10.2. The minimum atomic E-state index is -0.183. The van der Waals surface area contributed by atoms with Crippen molar-refractivity contribution in [3.05, 3.63) is 35.9 Å². The molecule has 1 heterocycles. The Morgan fingerprint density at radius 3 is 2.76 bits per heavy atom. The van der Waals surface area contributed by atoms with Gasteiger partial charge in [-0.15, -0.1) is 6.58 Å². The van der Waals surface area contributed by atoms with E-state index in [0.29, 0.717) is 60.4 Å². The average Bonchev–Trinajstić information content (AvgIpc) is 3.20. The quantitative estimate of drug-likeness (QED) is 0.412. The monoisotopic (exact) mass is 426 g/mol. The van der Waals surface area contributed by atoms with E-state index < -0.39 is 0 Å². The number of nitrogens with zero attached hydrogens (tertiary/aromatic N) is 1. The first-order valence-electron chi connectivity index (χ1n) is 10.3. The van der Waals surface area contributed by atoms with E-state index >= 15 is 0 Å². The van der Waals surface area contributed by atoms with Gasteiger partial charge in [0.2, 0.25) is 0 Å². The van der Waals surface area contributed by atoms with Crippen LogP contribution in [-0.2, 0) is 6.42 Å². The van der Waals surface area contributed by atoms with Crippen LogP contribution in [0.5, 0.6) is 11.5 Å². The number of hydrogen-bond acceptors (Lipinski definition) is 5. The van der Waals surface area contributed by atoms with E-state index in [9.17, 15) is 8.68 Å². The normalized spacial score (nSPS) is 16.0. The van der Waals surface area contributed by atoms with Gasteiger partial charge >= 0.3 is 0 Å². The molecule has 1 aromatic carbocycles. The van der Waals surface area contributed by atoms with Crippen molar-refractivity contribution >= 4 is 18.1 Å². The van der Waals surface area contributed by atoms with Gasteiger partial charge in [0.15, 0.2) is 11.5 Å². The smallest absolute Gasteiger partial charge is 0.255 e. The van der Waals surface area contributed by atoms with Crippen molar-refractivity contribution in [2.75, 3.05) is 39.6 Å². The number of carbonyl (C=O) groups excluding carboxylic acids is 1. The Hall–Kier alpha value is -1.73. The highest BCUT2D eigenvalue weighted by molar-refractivity contribution is 7.94. The summed E-state index contributed by atoms with van der Waals surface area (Å²) < 4.78 is 23.1. The van der Waals surface area contributed by atoms with Crippen LogP contribution in [0.3, 0.4) is 0 Å². The van der Waals surface area contributed by atoms with Crippen molar-refractivity contribution in [2.45, 2.75) is 45.6 Å². The predicted octanol–water partition coefficient (Wildman–Crippen LogP) is 4.66. The topological polar surface area (TPSA) is 50.8 Å². The van der Waals surface area contributed by atoms with Crippen molar-refractivity contribution in [1.82, 2.24) is 10.2 Å². The zero-order chi connectivity index (χ0) is 21.6. The summed E-state index contributed by atoms with van der Waals surface area (Å²) in [7, 11) is 3.07. The molecular weight excluding hydrogens is 391 g/mol. The molecule has 1 saturated heterocycles. The number of methoxy groups -OCH3 is 2. The maximum Gasteiger partial charge on any atom is 0.255 e. The Balaban J connectivity index is 0.00000204. The Morgan fingerprint density at radius 2 is 2.14 bits per heavy atom. The number of ether oxygens (including phenoxy) is 2. The lowest BCUT2D eigenvalue weighted by molar-refractivity contribution is 0.0938. The molecule has 29 heavy (non-hydrogen) atoms. The second-order valence-corrected chi connectivity index (χ2v) is 7.21. The van der Waals surface area contributed by atoms with Gasteiger partial charge in [0, 0.05) is 37.0 Å². The summed E-state index contributed by atoms with van der Waals surface area (Å²) in [5.74, 6) is 1.18. The predicted molar refractivity (Wildman–Crippen MR) is 120 cm³/mol. The molecule has 164 valence electrons. The van der Waals surface area contributed by atoms with Gasteiger partial charge in [-0.25, -0.2) is 0 Å². The third-order valence-corrected chi connectivity index (χ3v) is 5.27. The molecule has 1 N–H and O–H groups in total. The number of aryl methyl sites for hydroxylation is 1. The third-order valence-electron chi connectivity index (χ3n) is 4.83. The molecule has 0 saturated carbocycles. The van der Waals surface area contributed by atoms with Gasteiger partial charge in [0.25, 0.3) is 5.91 Å². The number of carbonyl (C=O) groups is 1. The fourth-order valence-electron chi connectivity index (χ4n) is 3.50. The highest BCUT2D eigenvalue weighted by atomic mass is 32.2. The highest BCUT2D eigenvalue weighted by Crippen LogP contribution is 2.33. The molecule has 1 aliphatic heterocycles. The van der Waals surface area contributed by atoms with Crippen molar-refractivity contribution in [3.63, 3.8) is 0 Å². The second kappa shape index (κ2) is 14.3. The van der Waals surface area contributed by atoms with E-state index in [1.165, 1.54) is 7.11 Å². The number of amides is 1. The van der Waals surface area contributed by atoms with E-state index in [4.69, 9.17) is 9.47 Å². The first kappa shape index (κ1) is 25.3. The summed E-state index contributed by atoms with van der Waals surface area (Å²) in [5.41, 5.74) is 1.38. The van der Waals surface area contributed by atoms with Crippen LogP contribution >= 0.6 is 12.1 Å². The molecule has 0 unspecified atom stereocenters. The molecular formula is C22H35FN2O3S. The van der Waals surface area contributed by atoms with E-state index in [2.05, 4.69) is 16.8 Å². The van der Waals surface area contributed by atoms with Crippen LogP contribution in [-0.4, -0.2) is 56.5 Å². The lowest BCUT2D eigenvalue weighted by Crippen LogP contribution is -2.40. The number of rotatable bonds is 11. The molecule has 1 aromatic rings. The van der Waals surface area contributed by atoms with Crippen LogP contribution in [0.25, 0.3) is 0 Å². The number of hydrogen-bond donors (Lipinski definition) is 1. The number of benzene rings is 1. The van der Waals surface area contributed by atoms with Crippen LogP contribution in [0.4, 0.5) is 3.89 Å². The lowest BCUT2D eigenvalue weighted by atomic mass is 10.0. The van der Waals surface area contributed by atoms with Gasteiger partial charge in [-0.05, 0) is 49.9 Å². The molecule has 1 amide bonds. The number of nitrogens with one attached hydrogen (secondary N) is 1. The van der Waals surface area contributed by atoms with Crippen molar-refractivity contribution < 1.29 is 18.2 Å². The fourth-order valence-corrected chi connectivity index (χ4v) is 3.76. The summed E-state index contributed by atoms with van der Waals surface area (Å²) in [4.78, 5) is 15.2. The second-order valence-electron chi connectivity index (χ2n) is 6.59. The summed E-state index contributed by atoms with van der Waals surface area (Å²) >= 11 is 0.328. The molecule has 0 aliphatic carbocycles. The Kier molecular flexibility index (Phi) is 12.5. The zero-order valence-corrected chi connectivity index (χ0v) is 18.9. The van der Waals surface area contributed by atoms with E-state index in [0.717, 1.165) is 31.5 Å². The van der Waals surface area contributed by atoms with Crippen LogP contribution in [0.1, 0.15) is 49.0 Å². The molecule has 1 fully saturated rings. The van der Waals surface area contributed by atoms with Crippen LogP contribution < -0.4 is 14.8 Å². The molecule has 5 nitrogen and oxygen atoms in total. The molecule has 0 aromatic heterocycles.